The van der Waals surface area contributed by atoms with Crippen LogP contribution in [0.1, 0.15) is 38.2 Å². The Bertz CT molecular complexity index is 844. The summed E-state index contributed by atoms with van der Waals surface area (Å²) in [6, 6.07) is 11.8. The first-order valence-corrected chi connectivity index (χ1v) is 8.45. The molecule has 0 aliphatic carbocycles. The van der Waals surface area contributed by atoms with Crippen LogP contribution >= 0.6 is 0 Å². The molecule has 1 N–H and O–H groups in total. The Morgan fingerprint density at radius 1 is 1.08 bits per heavy atom. The van der Waals surface area contributed by atoms with Crippen LogP contribution in [0.25, 0.3) is 5.65 Å². The number of nitrogens with one attached hydrogen (secondary N) is 1. The SMILES string of the molecule is COc1cccc(CN[C@H](C)c2nnc3ccccn23)c1OC(C)C. The summed E-state index contributed by atoms with van der Waals surface area (Å²) >= 11 is 0. The Balaban J connectivity index is 1.79. The van der Waals surface area contributed by atoms with Crippen molar-refractivity contribution in [2.75, 3.05) is 7.11 Å². The summed E-state index contributed by atoms with van der Waals surface area (Å²) < 4.78 is 13.4. The lowest BCUT2D eigenvalue weighted by Gasteiger charge is -2.19. The van der Waals surface area contributed by atoms with E-state index in [-0.39, 0.29) is 12.1 Å². The highest BCUT2D eigenvalue weighted by Gasteiger charge is 2.16. The topological polar surface area (TPSA) is 60.7 Å². The summed E-state index contributed by atoms with van der Waals surface area (Å²) in [5, 5.41) is 12.0. The molecule has 1 atom stereocenters. The number of fused-ring (bicyclic) bond motifs is 1. The number of ether oxygens (including phenoxy) is 2. The number of para-hydroxylation sites is 1. The van der Waals surface area contributed by atoms with Crippen LogP contribution in [0, 0.1) is 0 Å². The van der Waals surface area contributed by atoms with Gasteiger partial charge in [0.1, 0.15) is 0 Å². The number of hydrogen-bond donors (Lipinski definition) is 1. The van der Waals surface area contributed by atoms with Crippen molar-refractivity contribution in [1.82, 2.24) is 19.9 Å². The maximum Gasteiger partial charge on any atom is 0.166 e. The summed E-state index contributed by atoms with van der Waals surface area (Å²) in [4.78, 5) is 0. The molecule has 132 valence electrons. The number of benzene rings is 1. The van der Waals surface area contributed by atoms with Gasteiger partial charge in [0.05, 0.1) is 19.3 Å². The van der Waals surface area contributed by atoms with Crippen LogP contribution in [-0.2, 0) is 6.54 Å². The second-order valence-electron chi connectivity index (χ2n) is 6.20. The van der Waals surface area contributed by atoms with Crippen LogP contribution in [0.15, 0.2) is 42.6 Å². The van der Waals surface area contributed by atoms with E-state index in [4.69, 9.17) is 9.47 Å². The van der Waals surface area contributed by atoms with Crippen LogP contribution in [-0.4, -0.2) is 27.8 Å². The molecule has 0 fully saturated rings. The maximum atomic E-state index is 5.96. The van der Waals surface area contributed by atoms with Gasteiger partial charge in [-0.2, -0.15) is 0 Å². The molecule has 3 aromatic rings. The third-order valence-electron chi connectivity index (χ3n) is 3.96. The molecule has 2 heterocycles. The van der Waals surface area contributed by atoms with Gasteiger partial charge in [0.25, 0.3) is 0 Å². The van der Waals surface area contributed by atoms with Gasteiger partial charge in [-0.3, -0.25) is 4.40 Å². The molecule has 0 aliphatic heterocycles. The largest absolute Gasteiger partial charge is 0.493 e. The number of rotatable bonds is 7. The molecule has 2 aromatic heterocycles. The van der Waals surface area contributed by atoms with E-state index < -0.39 is 0 Å². The van der Waals surface area contributed by atoms with E-state index in [9.17, 15) is 0 Å². The summed E-state index contributed by atoms with van der Waals surface area (Å²) in [6.45, 7) is 6.73. The average molecular weight is 340 g/mol. The lowest BCUT2D eigenvalue weighted by molar-refractivity contribution is 0.227. The minimum atomic E-state index is 0.0375. The first-order valence-electron chi connectivity index (χ1n) is 8.45. The smallest absolute Gasteiger partial charge is 0.166 e. The van der Waals surface area contributed by atoms with E-state index in [2.05, 4.69) is 22.4 Å². The molecule has 6 nitrogen and oxygen atoms in total. The first kappa shape index (κ1) is 17.2. The molecule has 1 aromatic carbocycles. The third kappa shape index (κ3) is 3.74. The Hall–Kier alpha value is -2.60. The molecular formula is C19H24N4O2. The fourth-order valence-electron chi connectivity index (χ4n) is 2.74. The van der Waals surface area contributed by atoms with Crippen molar-refractivity contribution in [2.45, 2.75) is 39.5 Å². The maximum absolute atomic E-state index is 5.96. The number of pyridine rings is 1. The summed E-state index contributed by atoms with van der Waals surface area (Å²) in [5.41, 5.74) is 1.89. The Morgan fingerprint density at radius 3 is 2.68 bits per heavy atom. The van der Waals surface area contributed by atoms with E-state index in [0.29, 0.717) is 6.54 Å². The van der Waals surface area contributed by atoms with Gasteiger partial charge in [0.2, 0.25) is 0 Å². The lowest BCUT2D eigenvalue weighted by atomic mass is 10.1. The molecule has 0 aliphatic rings. The van der Waals surface area contributed by atoms with Gasteiger partial charge in [-0.25, -0.2) is 0 Å². The summed E-state index contributed by atoms with van der Waals surface area (Å²) in [7, 11) is 1.66. The zero-order chi connectivity index (χ0) is 17.8. The molecule has 0 spiro atoms. The Morgan fingerprint density at radius 2 is 1.92 bits per heavy atom. The second kappa shape index (κ2) is 7.53. The van der Waals surface area contributed by atoms with Gasteiger partial charge in [-0.1, -0.05) is 18.2 Å². The quantitative estimate of drug-likeness (QED) is 0.714. The summed E-state index contributed by atoms with van der Waals surface area (Å²) in [5.74, 6) is 2.41. The van der Waals surface area contributed by atoms with Gasteiger partial charge in [-0.05, 0) is 39.0 Å². The molecule has 0 bridgehead atoms. The number of aromatic nitrogens is 3. The van der Waals surface area contributed by atoms with Crippen LogP contribution in [0.4, 0.5) is 0 Å². The number of nitrogens with zero attached hydrogens (tertiary/aromatic N) is 3. The lowest BCUT2D eigenvalue weighted by Crippen LogP contribution is -2.21. The highest BCUT2D eigenvalue weighted by molar-refractivity contribution is 5.46. The van der Waals surface area contributed by atoms with Crippen molar-refractivity contribution >= 4 is 5.65 Å². The molecule has 25 heavy (non-hydrogen) atoms. The molecule has 0 saturated heterocycles. The predicted molar refractivity (Wildman–Crippen MR) is 97.0 cm³/mol. The minimum absolute atomic E-state index is 0.0375. The van der Waals surface area contributed by atoms with Crippen LogP contribution < -0.4 is 14.8 Å². The van der Waals surface area contributed by atoms with Crippen molar-refractivity contribution in [2.24, 2.45) is 0 Å². The molecule has 0 amide bonds. The van der Waals surface area contributed by atoms with Crippen molar-refractivity contribution in [3.05, 3.63) is 54.0 Å². The zero-order valence-corrected chi connectivity index (χ0v) is 15.1. The predicted octanol–water partition coefficient (Wildman–Crippen LogP) is 3.38. The second-order valence-corrected chi connectivity index (χ2v) is 6.20. The highest BCUT2D eigenvalue weighted by atomic mass is 16.5. The van der Waals surface area contributed by atoms with E-state index >= 15 is 0 Å². The molecule has 3 rings (SSSR count). The third-order valence-corrected chi connectivity index (χ3v) is 3.96. The molecular weight excluding hydrogens is 316 g/mol. The van der Waals surface area contributed by atoms with Gasteiger partial charge >= 0.3 is 0 Å². The fraction of sp³-hybridized carbons (Fsp3) is 0.368. The first-order chi connectivity index (χ1) is 12.1. The minimum Gasteiger partial charge on any atom is -0.493 e. The van der Waals surface area contributed by atoms with Crippen LogP contribution in [0.3, 0.4) is 0 Å². The fourth-order valence-corrected chi connectivity index (χ4v) is 2.74. The highest BCUT2D eigenvalue weighted by Crippen LogP contribution is 2.32. The van der Waals surface area contributed by atoms with Crippen molar-refractivity contribution in [3.8, 4) is 11.5 Å². The Kier molecular flexibility index (Phi) is 5.19. The van der Waals surface area contributed by atoms with Crippen LogP contribution in [0.2, 0.25) is 0 Å². The molecule has 0 saturated carbocycles. The van der Waals surface area contributed by atoms with Gasteiger partial charge in [-0.15, -0.1) is 10.2 Å². The van der Waals surface area contributed by atoms with Gasteiger partial charge in [0, 0.05) is 18.3 Å². The number of hydrogen-bond acceptors (Lipinski definition) is 5. The van der Waals surface area contributed by atoms with E-state index in [1.165, 1.54) is 0 Å². The molecule has 6 heteroatoms. The van der Waals surface area contributed by atoms with Gasteiger partial charge < -0.3 is 14.8 Å². The van der Waals surface area contributed by atoms with Crippen LogP contribution in [0.5, 0.6) is 11.5 Å². The normalized spacial score (nSPS) is 12.5. The number of methoxy groups -OCH3 is 1. The van der Waals surface area contributed by atoms with Crippen molar-refractivity contribution in [1.29, 1.82) is 0 Å². The summed E-state index contributed by atoms with van der Waals surface area (Å²) in [6.07, 6.45) is 2.05. The zero-order valence-electron chi connectivity index (χ0n) is 15.1. The van der Waals surface area contributed by atoms with E-state index in [1.807, 2.05) is 60.8 Å². The van der Waals surface area contributed by atoms with E-state index in [0.717, 1.165) is 28.5 Å². The van der Waals surface area contributed by atoms with Gasteiger partial charge in [0.15, 0.2) is 23.0 Å². The Labute approximate surface area is 147 Å². The van der Waals surface area contributed by atoms with Crippen molar-refractivity contribution < 1.29 is 9.47 Å². The molecule has 0 radical (unpaired) electrons. The van der Waals surface area contributed by atoms with Crippen molar-refractivity contribution in [3.63, 3.8) is 0 Å². The molecule has 0 unspecified atom stereocenters. The standard InChI is InChI=1S/C19H24N4O2/c1-13(2)25-18-15(8-7-9-16(18)24-4)12-20-14(3)19-22-21-17-10-5-6-11-23(17)19/h5-11,13-14,20H,12H2,1-4H3/t14-/m1/s1. The average Bonchev–Trinajstić information content (AvgIpc) is 3.04. The monoisotopic (exact) mass is 340 g/mol. The van der Waals surface area contributed by atoms with E-state index in [1.54, 1.807) is 7.11 Å².